The summed E-state index contributed by atoms with van der Waals surface area (Å²) in [7, 11) is 0. The minimum absolute atomic E-state index is 0.00145. The van der Waals surface area contributed by atoms with E-state index < -0.39 is 23.9 Å². The summed E-state index contributed by atoms with van der Waals surface area (Å²) in [6.07, 6.45) is 1.23. The monoisotopic (exact) mass is 486 g/mol. The van der Waals surface area contributed by atoms with Gasteiger partial charge in [-0.15, -0.1) is 0 Å². The maximum atomic E-state index is 12.3. The van der Waals surface area contributed by atoms with Gasteiger partial charge in [0.25, 0.3) is 0 Å². The Hall–Kier alpha value is -4.21. The van der Waals surface area contributed by atoms with Crippen LogP contribution in [0, 0.1) is 0 Å². The Morgan fingerprint density at radius 3 is 1.66 bits per heavy atom. The zero-order valence-electron chi connectivity index (χ0n) is 19.9. The van der Waals surface area contributed by atoms with E-state index in [0.29, 0.717) is 12.8 Å². The van der Waals surface area contributed by atoms with E-state index in [9.17, 15) is 24.0 Å². The Morgan fingerprint density at radius 2 is 1.11 bits per heavy atom. The first-order chi connectivity index (χ1) is 16.5. The Labute approximate surface area is 202 Å². The van der Waals surface area contributed by atoms with Gasteiger partial charge in [0.2, 0.25) is 0 Å². The van der Waals surface area contributed by atoms with Gasteiger partial charge in [-0.25, -0.2) is 0 Å². The molecular weight excluding hydrogens is 460 g/mol. The second-order valence-corrected chi connectivity index (χ2v) is 7.45. The van der Waals surface area contributed by atoms with E-state index in [0.717, 1.165) is 5.56 Å². The molecule has 0 saturated carbocycles. The van der Waals surface area contributed by atoms with Crippen LogP contribution in [0.25, 0.3) is 0 Å². The van der Waals surface area contributed by atoms with Crippen molar-refractivity contribution in [2.45, 2.75) is 47.0 Å². The molecule has 0 aliphatic heterocycles. The standard InChI is InChI=1S/C25H26O10/c1-15(26)32-22-10-8-19(12-24(22)34-17(3)28)6-5-7-20(30)14-31-21-9-11-23(33-16(2)27)25(13-21)35-18(4)29/h8-13H,5-7,14H2,1-4H3. The summed E-state index contributed by atoms with van der Waals surface area (Å²) in [4.78, 5) is 57.3. The molecule has 0 atom stereocenters. The lowest BCUT2D eigenvalue weighted by Gasteiger charge is -2.12. The number of ether oxygens (including phenoxy) is 5. The molecule has 2 aromatic carbocycles. The van der Waals surface area contributed by atoms with E-state index in [1.54, 1.807) is 12.1 Å². The normalized spacial score (nSPS) is 10.2. The van der Waals surface area contributed by atoms with Gasteiger partial charge in [-0.1, -0.05) is 6.07 Å². The molecule has 10 nitrogen and oxygen atoms in total. The predicted molar refractivity (Wildman–Crippen MR) is 122 cm³/mol. The van der Waals surface area contributed by atoms with E-state index in [1.807, 2.05) is 0 Å². The van der Waals surface area contributed by atoms with Gasteiger partial charge in [0, 0.05) is 40.2 Å². The molecular formula is C25H26O10. The first kappa shape index (κ1) is 27.0. The van der Waals surface area contributed by atoms with Crippen LogP contribution in [0.2, 0.25) is 0 Å². The first-order valence-electron chi connectivity index (χ1n) is 10.7. The average molecular weight is 486 g/mol. The number of carbonyl (C=O) groups is 5. The summed E-state index contributed by atoms with van der Waals surface area (Å²) in [5.74, 6) is -1.88. The third-order valence-corrected chi connectivity index (χ3v) is 4.26. The Kier molecular flexibility index (Phi) is 9.95. The molecule has 0 amide bonds. The molecule has 0 spiro atoms. The number of esters is 4. The van der Waals surface area contributed by atoms with Gasteiger partial charge < -0.3 is 23.7 Å². The lowest BCUT2D eigenvalue weighted by Crippen LogP contribution is -2.12. The molecule has 0 unspecified atom stereocenters. The van der Waals surface area contributed by atoms with E-state index in [-0.39, 0.29) is 47.6 Å². The fourth-order valence-corrected chi connectivity index (χ4v) is 2.96. The first-order valence-corrected chi connectivity index (χ1v) is 10.7. The average Bonchev–Trinajstić information content (AvgIpc) is 2.74. The molecule has 0 bridgehead atoms. The quantitative estimate of drug-likeness (QED) is 0.344. The van der Waals surface area contributed by atoms with Gasteiger partial charge in [0.05, 0.1) is 0 Å². The van der Waals surface area contributed by atoms with Gasteiger partial charge >= 0.3 is 23.9 Å². The van der Waals surface area contributed by atoms with Gasteiger partial charge in [-0.3, -0.25) is 24.0 Å². The molecule has 2 rings (SSSR count). The van der Waals surface area contributed by atoms with Crippen molar-refractivity contribution in [1.29, 1.82) is 0 Å². The zero-order valence-corrected chi connectivity index (χ0v) is 19.9. The second-order valence-electron chi connectivity index (χ2n) is 7.45. The number of benzene rings is 2. The summed E-state index contributed by atoms with van der Waals surface area (Å²) in [5.41, 5.74) is 0.790. The lowest BCUT2D eigenvalue weighted by atomic mass is 10.1. The minimum atomic E-state index is -0.607. The highest BCUT2D eigenvalue weighted by Gasteiger charge is 2.14. The van der Waals surface area contributed by atoms with Gasteiger partial charge in [-0.05, 0) is 42.7 Å². The fraction of sp³-hybridized carbons (Fsp3) is 0.320. The smallest absolute Gasteiger partial charge is 0.308 e. The number of rotatable bonds is 11. The van der Waals surface area contributed by atoms with Crippen molar-refractivity contribution in [1.82, 2.24) is 0 Å². The number of Topliss-reactive ketones (excluding diaryl/α,β-unsaturated/α-hetero) is 1. The zero-order chi connectivity index (χ0) is 26.0. The lowest BCUT2D eigenvalue weighted by molar-refractivity contribution is -0.134. The molecule has 2 aromatic rings. The SMILES string of the molecule is CC(=O)Oc1ccc(CCCC(=O)COc2ccc(OC(C)=O)c(OC(C)=O)c2)cc1OC(C)=O. The summed E-state index contributed by atoms with van der Waals surface area (Å²) < 4.78 is 25.6. The van der Waals surface area contributed by atoms with Crippen LogP contribution in [0.15, 0.2) is 36.4 Å². The largest absolute Gasteiger partial charge is 0.486 e. The van der Waals surface area contributed by atoms with Crippen molar-refractivity contribution in [3.63, 3.8) is 0 Å². The molecule has 10 heteroatoms. The molecule has 0 radical (unpaired) electrons. The third-order valence-electron chi connectivity index (χ3n) is 4.26. The fourth-order valence-electron chi connectivity index (χ4n) is 2.96. The Morgan fingerprint density at radius 1 is 0.629 bits per heavy atom. The van der Waals surface area contributed by atoms with Crippen LogP contribution >= 0.6 is 0 Å². The Bertz CT molecular complexity index is 1120. The molecule has 35 heavy (non-hydrogen) atoms. The van der Waals surface area contributed by atoms with Crippen LogP contribution < -0.4 is 23.7 Å². The number of aryl methyl sites for hydroxylation is 1. The van der Waals surface area contributed by atoms with Crippen molar-refractivity contribution < 1.29 is 47.7 Å². The van der Waals surface area contributed by atoms with Crippen molar-refractivity contribution in [3.8, 4) is 28.7 Å². The topological polar surface area (TPSA) is 132 Å². The van der Waals surface area contributed by atoms with Crippen LogP contribution in [0.1, 0.15) is 46.1 Å². The highest BCUT2D eigenvalue weighted by molar-refractivity contribution is 5.80. The summed E-state index contributed by atoms with van der Waals surface area (Å²) in [6, 6.07) is 9.07. The van der Waals surface area contributed by atoms with E-state index in [4.69, 9.17) is 23.7 Å². The van der Waals surface area contributed by atoms with Crippen LogP contribution in [-0.4, -0.2) is 36.3 Å². The van der Waals surface area contributed by atoms with E-state index in [1.165, 1.54) is 52.0 Å². The predicted octanol–water partition coefficient (Wildman–Crippen LogP) is 3.36. The van der Waals surface area contributed by atoms with E-state index >= 15 is 0 Å². The van der Waals surface area contributed by atoms with Crippen molar-refractivity contribution in [2.75, 3.05) is 6.61 Å². The number of carbonyl (C=O) groups excluding carboxylic acids is 5. The van der Waals surface area contributed by atoms with Gasteiger partial charge in [-0.2, -0.15) is 0 Å². The molecule has 0 aliphatic carbocycles. The van der Waals surface area contributed by atoms with Crippen molar-refractivity contribution >= 4 is 29.7 Å². The van der Waals surface area contributed by atoms with Crippen molar-refractivity contribution in [3.05, 3.63) is 42.0 Å². The summed E-state index contributed by atoms with van der Waals surface area (Å²) >= 11 is 0. The highest BCUT2D eigenvalue weighted by Crippen LogP contribution is 2.32. The van der Waals surface area contributed by atoms with Gasteiger partial charge in [0.15, 0.2) is 28.8 Å². The maximum absolute atomic E-state index is 12.3. The molecule has 0 saturated heterocycles. The number of ketones is 1. The molecule has 186 valence electrons. The van der Waals surface area contributed by atoms with Gasteiger partial charge in [0.1, 0.15) is 12.4 Å². The second kappa shape index (κ2) is 12.9. The van der Waals surface area contributed by atoms with Crippen LogP contribution in [0.5, 0.6) is 28.7 Å². The third kappa shape index (κ3) is 9.66. The number of hydrogen-bond donors (Lipinski definition) is 0. The molecule has 0 fully saturated rings. The molecule has 0 aromatic heterocycles. The molecule has 0 heterocycles. The molecule has 0 aliphatic rings. The maximum Gasteiger partial charge on any atom is 0.308 e. The summed E-state index contributed by atoms with van der Waals surface area (Å²) in [5, 5.41) is 0. The highest BCUT2D eigenvalue weighted by atomic mass is 16.6. The minimum Gasteiger partial charge on any atom is -0.486 e. The Balaban J connectivity index is 1.92. The van der Waals surface area contributed by atoms with Crippen molar-refractivity contribution in [2.24, 2.45) is 0 Å². The van der Waals surface area contributed by atoms with Crippen LogP contribution in [-0.2, 0) is 30.4 Å². The van der Waals surface area contributed by atoms with Crippen LogP contribution in [0.3, 0.4) is 0 Å². The molecule has 0 N–H and O–H groups in total. The van der Waals surface area contributed by atoms with E-state index in [2.05, 4.69) is 0 Å². The van der Waals surface area contributed by atoms with Crippen LogP contribution in [0.4, 0.5) is 0 Å². The number of hydrogen-bond acceptors (Lipinski definition) is 10. The summed E-state index contributed by atoms with van der Waals surface area (Å²) in [6.45, 7) is 4.68.